The maximum absolute atomic E-state index is 14.5. The number of carbonyl (C=O) groups is 1. The fraction of sp³-hybridized carbons (Fsp3) is 0.125. The van der Waals surface area contributed by atoms with Gasteiger partial charge in [0.2, 0.25) is 5.95 Å². The number of hydrogen-bond acceptors (Lipinski definition) is 5. The number of carbonyl (C=O) groups excluding carboxylic acids is 1. The number of nitrogens with zero attached hydrogens (tertiary/aromatic N) is 3. The highest BCUT2D eigenvalue weighted by molar-refractivity contribution is 6.04. The second-order valence-corrected chi connectivity index (χ2v) is 8.07. The number of furan rings is 1. The Balaban J connectivity index is 1.46. The predicted octanol–water partition coefficient (Wildman–Crippen LogP) is 5.16. The van der Waals surface area contributed by atoms with Gasteiger partial charge in [-0.2, -0.15) is 13.2 Å². The highest BCUT2D eigenvalue weighted by atomic mass is 19.4. The number of rotatable bonds is 3. The van der Waals surface area contributed by atoms with Crippen molar-refractivity contribution in [3.63, 3.8) is 0 Å². The number of halogens is 4. The van der Waals surface area contributed by atoms with E-state index < -0.39 is 23.5 Å². The minimum atomic E-state index is -4.52. The predicted molar refractivity (Wildman–Crippen MR) is 118 cm³/mol. The molecular formula is C24H15F4N5O2. The van der Waals surface area contributed by atoms with Crippen LogP contribution in [0, 0.1) is 5.82 Å². The van der Waals surface area contributed by atoms with Crippen LogP contribution in [0.25, 0.3) is 27.6 Å². The molecule has 1 amide bonds. The second kappa shape index (κ2) is 7.55. The Bertz CT molecular complexity index is 1640. The summed E-state index contributed by atoms with van der Waals surface area (Å²) in [6, 6.07) is 7.90. The van der Waals surface area contributed by atoms with Gasteiger partial charge in [0.05, 0.1) is 17.3 Å². The lowest BCUT2D eigenvalue weighted by Gasteiger charge is -2.19. The Morgan fingerprint density at radius 3 is 2.80 bits per heavy atom. The summed E-state index contributed by atoms with van der Waals surface area (Å²) in [5, 5.41) is 6.31. The second-order valence-electron chi connectivity index (χ2n) is 8.07. The number of imidazole rings is 1. The molecule has 6 rings (SSSR count). The molecule has 5 aromatic rings. The van der Waals surface area contributed by atoms with Crippen molar-refractivity contribution in [2.24, 2.45) is 0 Å². The molecule has 0 radical (unpaired) electrons. The third-order valence-electron chi connectivity index (χ3n) is 6.06. The molecule has 0 bridgehead atoms. The largest absolute Gasteiger partial charge is 0.464 e. The molecule has 0 saturated heterocycles. The summed E-state index contributed by atoms with van der Waals surface area (Å²) in [6.07, 6.45) is -0.174. The van der Waals surface area contributed by atoms with Gasteiger partial charge in [0.1, 0.15) is 17.7 Å². The monoisotopic (exact) mass is 481 g/mol. The lowest BCUT2D eigenvalue weighted by atomic mass is 9.96. The molecule has 4 heterocycles. The maximum atomic E-state index is 14.5. The van der Waals surface area contributed by atoms with Crippen LogP contribution in [0.15, 0.2) is 59.6 Å². The highest BCUT2D eigenvalue weighted by Gasteiger charge is 2.32. The van der Waals surface area contributed by atoms with Crippen molar-refractivity contribution in [3.8, 4) is 11.1 Å². The van der Waals surface area contributed by atoms with Crippen molar-refractivity contribution in [2.75, 3.05) is 5.32 Å². The van der Waals surface area contributed by atoms with Gasteiger partial charge in [-0.3, -0.25) is 9.20 Å². The van der Waals surface area contributed by atoms with E-state index in [0.717, 1.165) is 12.1 Å². The van der Waals surface area contributed by atoms with Gasteiger partial charge >= 0.3 is 6.18 Å². The summed E-state index contributed by atoms with van der Waals surface area (Å²) in [7, 11) is 0. The van der Waals surface area contributed by atoms with Crippen molar-refractivity contribution >= 4 is 28.3 Å². The first-order valence-electron chi connectivity index (χ1n) is 10.5. The third kappa shape index (κ3) is 3.38. The van der Waals surface area contributed by atoms with Gasteiger partial charge in [0.15, 0.2) is 5.69 Å². The number of benzene rings is 2. The van der Waals surface area contributed by atoms with Crippen LogP contribution in [0.3, 0.4) is 0 Å². The molecule has 0 spiro atoms. The van der Waals surface area contributed by atoms with E-state index in [0.29, 0.717) is 38.7 Å². The molecule has 11 heteroatoms. The van der Waals surface area contributed by atoms with E-state index in [-0.39, 0.29) is 24.7 Å². The Morgan fingerprint density at radius 2 is 1.97 bits per heavy atom. The van der Waals surface area contributed by atoms with E-state index >= 15 is 0 Å². The molecule has 1 aliphatic heterocycles. The molecule has 3 aromatic heterocycles. The third-order valence-corrected chi connectivity index (χ3v) is 6.06. The minimum absolute atomic E-state index is 0.0649. The number of anilines is 1. The first-order chi connectivity index (χ1) is 16.8. The van der Waals surface area contributed by atoms with Gasteiger partial charge in [0.25, 0.3) is 5.91 Å². The van der Waals surface area contributed by atoms with Gasteiger partial charge in [-0.1, -0.05) is 6.07 Å². The normalized spacial score (nSPS) is 13.4. The number of fused-ring (bicyclic) bond motifs is 3. The molecule has 35 heavy (non-hydrogen) atoms. The Hall–Kier alpha value is -4.41. The van der Waals surface area contributed by atoms with Crippen LogP contribution in [0.1, 0.15) is 27.2 Å². The Labute approximate surface area is 194 Å². The van der Waals surface area contributed by atoms with Crippen molar-refractivity contribution in [1.29, 1.82) is 0 Å². The van der Waals surface area contributed by atoms with Crippen molar-refractivity contribution in [2.45, 2.75) is 19.3 Å². The summed E-state index contributed by atoms with van der Waals surface area (Å²) in [6.45, 7) is -0.0279. The molecule has 1 aliphatic rings. The van der Waals surface area contributed by atoms with Crippen molar-refractivity contribution in [3.05, 3.63) is 83.4 Å². The topological polar surface area (TPSA) is 84.5 Å². The highest BCUT2D eigenvalue weighted by Crippen LogP contribution is 2.37. The fourth-order valence-corrected chi connectivity index (χ4v) is 4.37. The number of alkyl halides is 3. The summed E-state index contributed by atoms with van der Waals surface area (Å²) < 4.78 is 61.2. The van der Waals surface area contributed by atoms with Gasteiger partial charge in [-0.25, -0.2) is 14.4 Å². The standard InChI is InChI=1S/C24H15F4N5O2/c25-18-3-4-19-15(5-6-35-19)16(18)9-30-23-31-10-17-14-2-1-13(24(26,27)28)7-12(14)8-29-22(34)20-21(17)33(23)11-32-20/h1-7,10-11H,8-9H2,(H,29,34)(H,30,31). The van der Waals surface area contributed by atoms with Crippen molar-refractivity contribution in [1.82, 2.24) is 19.7 Å². The van der Waals surface area contributed by atoms with Crippen LogP contribution >= 0.6 is 0 Å². The summed E-state index contributed by atoms with van der Waals surface area (Å²) in [5.41, 5.74) is 1.86. The molecular weight excluding hydrogens is 466 g/mol. The number of nitrogens with one attached hydrogen (secondary N) is 2. The lowest BCUT2D eigenvalue weighted by molar-refractivity contribution is -0.137. The van der Waals surface area contributed by atoms with Crippen LogP contribution < -0.4 is 10.6 Å². The van der Waals surface area contributed by atoms with Crippen LogP contribution in [-0.2, 0) is 19.3 Å². The van der Waals surface area contributed by atoms with Crippen molar-refractivity contribution < 1.29 is 26.8 Å². The average Bonchev–Trinajstić information content (AvgIpc) is 3.48. The molecule has 0 aliphatic carbocycles. The van der Waals surface area contributed by atoms with Crippen LogP contribution in [0.2, 0.25) is 0 Å². The van der Waals surface area contributed by atoms with E-state index in [1.165, 1.54) is 35.3 Å². The summed E-state index contributed by atoms with van der Waals surface area (Å²) >= 11 is 0. The zero-order valence-electron chi connectivity index (χ0n) is 17.8. The lowest BCUT2D eigenvalue weighted by Crippen LogP contribution is -2.25. The Morgan fingerprint density at radius 1 is 1.11 bits per heavy atom. The SMILES string of the molecule is O=C1NCc2cc(C(F)(F)F)ccc2-c2cnc(NCc3c(F)ccc4occc34)n3cnc1c23. The molecule has 2 aromatic carbocycles. The van der Waals surface area contributed by atoms with Gasteiger partial charge in [-0.15, -0.1) is 0 Å². The average molecular weight is 481 g/mol. The fourth-order valence-electron chi connectivity index (χ4n) is 4.37. The molecule has 0 fully saturated rings. The molecule has 176 valence electrons. The number of amides is 1. The molecule has 2 N–H and O–H groups in total. The van der Waals surface area contributed by atoms with Gasteiger partial charge < -0.3 is 15.1 Å². The van der Waals surface area contributed by atoms with E-state index in [4.69, 9.17) is 4.42 Å². The maximum Gasteiger partial charge on any atom is 0.416 e. The van der Waals surface area contributed by atoms with Crippen LogP contribution in [0.4, 0.5) is 23.5 Å². The Kier molecular flexibility index (Phi) is 4.56. The first-order valence-corrected chi connectivity index (χ1v) is 10.5. The van der Waals surface area contributed by atoms with E-state index in [1.54, 1.807) is 12.1 Å². The van der Waals surface area contributed by atoms with Gasteiger partial charge in [-0.05, 0) is 41.5 Å². The molecule has 0 saturated carbocycles. The minimum Gasteiger partial charge on any atom is -0.464 e. The molecule has 0 unspecified atom stereocenters. The van der Waals surface area contributed by atoms with Gasteiger partial charge in [0, 0.05) is 35.8 Å². The summed E-state index contributed by atoms with van der Waals surface area (Å²) in [4.78, 5) is 21.4. The zero-order chi connectivity index (χ0) is 24.3. The molecule has 0 atom stereocenters. The van der Waals surface area contributed by atoms with Crippen LogP contribution in [0.5, 0.6) is 0 Å². The molecule has 7 nitrogen and oxygen atoms in total. The quantitative estimate of drug-likeness (QED) is 0.348. The number of hydrogen-bond donors (Lipinski definition) is 2. The van der Waals surface area contributed by atoms with E-state index in [2.05, 4.69) is 20.6 Å². The smallest absolute Gasteiger partial charge is 0.416 e. The first kappa shape index (κ1) is 21.1. The van der Waals surface area contributed by atoms with E-state index in [9.17, 15) is 22.4 Å². The summed E-state index contributed by atoms with van der Waals surface area (Å²) in [5.74, 6) is -0.666. The van der Waals surface area contributed by atoms with E-state index in [1.807, 2.05) is 0 Å². The number of aromatic nitrogens is 3. The zero-order valence-corrected chi connectivity index (χ0v) is 17.8. The van der Waals surface area contributed by atoms with Crippen LogP contribution in [-0.4, -0.2) is 20.3 Å².